The van der Waals surface area contributed by atoms with Crippen molar-refractivity contribution in [2.45, 2.75) is 37.8 Å². The molecular weight excluding hydrogens is 352 g/mol. The fraction of sp³-hybridized carbons (Fsp3) is 0.478. The number of fused-ring (bicyclic) bond motifs is 2. The Balaban J connectivity index is 1.18. The molecule has 28 heavy (non-hydrogen) atoms. The summed E-state index contributed by atoms with van der Waals surface area (Å²) in [6, 6.07) is 13.8. The van der Waals surface area contributed by atoms with Crippen LogP contribution in [0.25, 0.3) is 0 Å². The van der Waals surface area contributed by atoms with Crippen LogP contribution in [-0.4, -0.2) is 45.5 Å². The van der Waals surface area contributed by atoms with E-state index in [0.29, 0.717) is 25.3 Å². The van der Waals surface area contributed by atoms with Crippen LogP contribution < -0.4 is 24.4 Å². The van der Waals surface area contributed by atoms with Crippen molar-refractivity contribution in [1.82, 2.24) is 5.32 Å². The summed E-state index contributed by atoms with van der Waals surface area (Å²) < 4.78 is 17.0. The molecule has 1 saturated heterocycles. The highest BCUT2D eigenvalue weighted by molar-refractivity contribution is 5.65. The van der Waals surface area contributed by atoms with Gasteiger partial charge in [0, 0.05) is 25.2 Å². The van der Waals surface area contributed by atoms with Gasteiger partial charge < -0.3 is 24.4 Å². The van der Waals surface area contributed by atoms with Crippen molar-refractivity contribution in [3.63, 3.8) is 0 Å². The lowest BCUT2D eigenvalue weighted by Crippen LogP contribution is -2.46. The highest BCUT2D eigenvalue weighted by Gasteiger charge is 2.28. The molecular formula is C23H28N2O3. The fourth-order valence-electron chi connectivity index (χ4n) is 4.77. The van der Waals surface area contributed by atoms with Crippen molar-refractivity contribution >= 4 is 5.69 Å². The van der Waals surface area contributed by atoms with Gasteiger partial charge in [0.2, 0.25) is 0 Å². The highest BCUT2D eigenvalue weighted by Crippen LogP contribution is 2.40. The maximum atomic E-state index is 5.90. The number of nitrogens with zero attached hydrogens (tertiary/aromatic N) is 1. The van der Waals surface area contributed by atoms with E-state index in [-0.39, 0.29) is 0 Å². The minimum atomic E-state index is 0.542. The standard InChI is InChI=1S/C23H28N2O3/c1-26-20-6-5-16-13-19(14-17(16)15-20)24-18-7-9-25(10-8-18)21-3-2-4-22-23(21)28-12-11-27-22/h2-6,15,18-19,24H,7-14H2,1H3. The summed E-state index contributed by atoms with van der Waals surface area (Å²) in [6.07, 6.45) is 4.53. The SMILES string of the molecule is COc1ccc2c(c1)CC(NC1CCN(c3cccc4c3OCCO4)CC1)C2. The molecule has 0 aromatic heterocycles. The van der Waals surface area contributed by atoms with E-state index in [9.17, 15) is 0 Å². The predicted molar refractivity (Wildman–Crippen MR) is 110 cm³/mol. The number of piperidine rings is 1. The normalized spacial score (nSPS) is 21.5. The minimum Gasteiger partial charge on any atom is -0.497 e. The number of methoxy groups -OCH3 is 1. The van der Waals surface area contributed by atoms with Crippen LogP contribution in [0.15, 0.2) is 36.4 Å². The molecule has 1 fully saturated rings. The zero-order valence-electron chi connectivity index (χ0n) is 16.4. The number of rotatable bonds is 4. The molecule has 3 aliphatic rings. The summed E-state index contributed by atoms with van der Waals surface area (Å²) in [5.74, 6) is 2.76. The van der Waals surface area contributed by atoms with Crippen LogP contribution in [0, 0.1) is 0 Å². The third kappa shape index (κ3) is 3.39. The van der Waals surface area contributed by atoms with Crippen molar-refractivity contribution in [1.29, 1.82) is 0 Å². The van der Waals surface area contributed by atoms with E-state index in [1.165, 1.54) is 16.8 Å². The second-order valence-electron chi connectivity index (χ2n) is 7.97. The third-order valence-electron chi connectivity index (χ3n) is 6.20. The maximum absolute atomic E-state index is 5.90. The van der Waals surface area contributed by atoms with E-state index < -0.39 is 0 Å². The minimum absolute atomic E-state index is 0.542. The van der Waals surface area contributed by atoms with Crippen LogP contribution in [0.2, 0.25) is 0 Å². The lowest BCUT2D eigenvalue weighted by Gasteiger charge is -2.36. The van der Waals surface area contributed by atoms with Gasteiger partial charge in [-0.25, -0.2) is 0 Å². The molecule has 0 spiro atoms. The zero-order chi connectivity index (χ0) is 18.9. The van der Waals surface area contributed by atoms with Gasteiger partial charge in [0.1, 0.15) is 19.0 Å². The van der Waals surface area contributed by atoms with Gasteiger partial charge in [-0.3, -0.25) is 0 Å². The van der Waals surface area contributed by atoms with Crippen LogP contribution in [-0.2, 0) is 12.8 Å². The molecule has 2 aliphatic heterocycles. The number of para-hydroxylation sites is 1. The highest BCUT2D eigenvalue weighted by atomic mass is 16.6. The van der Waals surface area contributed by atoms with E-state index in [4.69, 9.17) is 14.2 Å². The van der Waals surface area contributed by atoms with Crippen molar-refractivity contribution in [3.05, 3.63) is 47.5 Å². The van der Waals surface area contributed by atoms with E-state index in [0.717, 1.165) is 56.0 Å². The monoisotopic (exact) mass is 380 g/mol. The molecule has 2 heterocycles. The lowest BCUT2D eigenvalue weighted by atomic mass is 10.0. The molecule has 1 unspecified atom stereocenters. The van der Waals surface area contributed by atoms with E-state index in [1.54, 1.807) is 7.11 Å². The molecule has 1 atom stereocenters. The Morgan fingerprint density at radius 3 is 2.64 bits per heavy atom. The van der Waals surface area contributed by atoms with Gasteiger partial charge in [0.25, 0.3) is 0 Å². The van der Waals surface area contributed by atoms with Crippen LogP contribution in [0.5, 0.6) is 17.2 Å². The van der Waals surface area contributed by atoms with E-state index in [2.05, 4.69) is 40.5 Å². The molecule has 2 aromatic carbocycles. The van der Waals surface area contributed by atoms with Gasteiger partial charge in [-0.15, -0.1) is 0 Å². The Bertz CT molecular complexity index is 846. The molecule has 0 saturated carbocycles. The summed E-state index contributed by atoms with van der Waals surface area (Å²) in [6.45, 7) is 3.36. The fourth-order valence-corrected chi connectivity index (χ4v) is 4.77. The first-order chi connectivity index (χ1) is 13.8. The number of ether oxygens (including phenoxy) is 3. The number of nitrogens with one attached hydrogen (secondary N) is 1. The molecule has 1 N–H and O–H groups in total. The number of hydrogen-bond acceptors (Lipinski definition) is 5. The Labute approximate surface area is 166 Å². The van der Waals surface area contributed by atoms with Crippen LogP contribution in [0.1, 0.15) is 24.0 Å². The van der Waals surface area contributed by atoms with Crippen molar-refractivity contribution in [2.75, 3.05) is 38.3 Å². The first-order valence-electron chi connectivity index (χ1n) is 10.4. The Hall–Kier alpha value is -2.40. The summed E-state index contributed by atoms with van der Waals surface area (Å²) in [7, 11) is 1.74. The zero-order valence-corrected chi connectivity index (χ0v) is 16.4. The quantitative estimate of drug-likeness (QED) is 0.882. The maximum Gasteiger partial charge on any atom is 0.184 e. The largest absolute Gasteiger partial charge is 0.497 e. The molecule has 1 aliphatic carbocycles. The third-order valence-corrected chi connectivity index (χ3v) is 6.20. The van der Waals surface area contributed by atoms with Crippen molar-refractivity contribution < 1.29 is 14.2 Å². The second kappa shape index (κ2) is 7.55. The summed E-state index contributed by atoms with van der Waals surface area (Å²) in [5.41, 5.74) is 4.07. The smallest absolute Gasteiger partial charge is 0.184 e. The molecule has 5 nitrogen and oxygen atoms in total. The number of anilines is 1. The average molecular weight is 380 g/mol. The number of benzene rings is 2. The van der Waals surface area contributed by atoms with Crippen LogP contribution in [0.3, 0.4) is 0 Å². The second-order valence-corrected chi connectivity index (χ2v) is 7.97. The van der Waals surface area contributed by atoms with Crippen molar-refractivity contribution in [2.24, 2.45) is 0 Å². The number of hydrogen-bond donors (Lipinski definition) is 1. The van der Waals surface area contributed by atoms with Crippen molar-refractivity contribution in [3.8, 4) is 17.2 Å². The van der Waals surface area contributed by atoms with Gasteiger partial charge in [-0.1, -0.05) is 12.1 Å². The lowest BCUT2D eigenvalue weighted by molar-refractivity contribution is 0.172. The molecule has 0 amide bonds. The summed E-state index contributed by atoms with van der Waals surface area (Å²) >= 11 is 0. The van der Waals surface area contributed by atoms with Crippen LogP contribution in [0.4, 0.5) is 5.69 Å². The van der Waals surface area contributed by atoms with Gasteiger partial charge in [-0.05, 0) is 61.1 Å². The Morgan fingerprint density at radius 2 is 1.79 bits per heavy atom. The van der Waals surface area contributed by atoms with E-state index in [1.807, 2.05) is 6.07 Å². The molecule has 5 heteroatoms. The molecule has 0 radical (unpaired) electrons. The molecule has 0 bridgehead atoms. The molecule has 148 valence electrons. The van der Waals surface area contributed by atoms with Gasteiger partial charge >= 0.3 is 0 Å². The van der Waals surface area contributed by atoms with Crippen LogP contribution >= 0.6 is 0 Å². The first kappa shape index (κ1) is 17.7. The van der Waals surface area contributed by atoms with Gasteiger partial charge in [-0.2, -0.15) is 0 Å². The first-order valence-corrected chi connectivity index (χ1v) is 10.4. The molecule has 5 rings (SSSR count). The van der Waals surface area contributed by atoms with Gasteiger partial charge in [0.15, 0.2) is 11.5 Å². The van der Waals surface area contributed by atoms with Gasteiger partial charge in [0.05, 0.1) is 12.8 Å². The Morgan fingerprint density at radius 1 is 0.964 bits per heavy atom. The molecule has 2 aromatic rings. The Kier molecular flexibility index (Phi) is 4.77. The summed E-state index contributed by atoms with van der Waals surface area (Å²) in [4.78, 5) is 2.44. The predicted octanol–water partition coefficient (Wildman–Crippen LogP) is 3.19. The van der Waals surface area contributed by atoms with E-state index >= 15 is 0 Å². The average Bonchev–Trinajstić information content (AvgIpc) is 3.15. The summed E-state index contributed by atoms with van der Waals surface area (Å²) in [5, 5.41) is 3.91. The topological polar surface area (TPSA) is 43.0 Å².